The van der Waals surface area contributed by atoms with Gasteiger partial charge in [0, 0.05) is 0 Å². The fourth-order valence-electron chi connectivity index (χ4n) is 6.57. The normalized spacial score (nSPS) is 31.7. The zero-order valence-corrected chi connectivity index (χ0v) is 16.3. The molecule has 0 spiro atoms. The standard InChI is InChI=1S/C25H32/c1-18(19-10-6-5-7-11-19)21-16-17-25(4)22-13-9-8-12-20(22)14-15-23(25)24(21,2)3/h5-13,18,21,23H,14-17H2,1-4H3/t18?,21-,23+,25-/m1/s1. The summed E-state index contributed by atoms with van der Waals surface area (Å²) in [6.45, 7) is 10.1. The van der Waals surface area contributed by atoms with Crippen molar-refractivity contribution in [3.8, 4) is 0 Å². The van der Waals surface area contributed by atoms with E-state index in [0.717, 1.165) is 11.8 Å². The van der Waals surface area contributed by atoms with E-state index in [1.165, 1.54) is 31.2 Å². The molecule has 2 aliphatic carbocycles. The van der Waals surface area contributed by atoms with Gasteiger partial charge in [0.2, 0.25) is 0 Å². The van der Waals surface area contributed by atoms with Gasteiger partial charge < -0.3 is 0 Å². The number of fused-ring (bicyclic) bond motifs is 3. The number of benzene rings is 2. The van der Waals surface area contributed by atoms with E-state index in [2.05, 4.69) is 82.3 Å². The highest BCUT2D eigenvalue weighted by atomic mass is 14.6. The van der Waals surface area contributed by atoms with E-state index in [1.54, 1.807) is 11.1 Å². The molecule has 0 nitrogen and oxygen atoms in total. The van der Waals surface area contributed by atoms with Crippen LogP contribution in [0.5, 0.6) is 0 Å². The van der Waals surface area contributed by atoms with Crippen LogP contribution in [-0.2, 0) is 11.8 Å². The largest absolute Gasteiger partial charge is 0.0622 e. The van der Waals surface area contributed by atoms with E-state index in [-0.39, 0.29) is 0 Å². The van der Waals surface area contributed by atoms with Crippen molar-refractivity contribution in [2.75, 3.05) is 0 Å². The van der Waals surface area contributed by atoms with Crippen LogP contribution in [0.15, 0.2) is 54.6 Å². The van der Waals surface area contributed by atoms with Gasteiger partial charge >= 0.3 is 0 Å². The number of rotatable bonds is 2. The van der Waals surface area contributed by atoms with E-state index in [1.807, 2.05) is 0 Å². The molecule has 0 amide bonds. The third-order valence-corrected chi connectivity index (χ3v) is 7.86. The SMILES string of the molecule is CC(c1ccccc1)[C@H]1CC[C@]2(C)c3ccccc3CC[C@H]2C1(C)C. The van der Waals surface area contributed by atoms with Crippen molar-refractivity contribution in [3.63, 3.8) is 0 Å². The van der Waals surface area contributed by atoms with Crippen molar-refractivity contribution in [1.82, 2.24) is 0 Å². The van der Waals surface area contributed by atoms with Crippen LogP contribution in [0, 0.1) is 17.3 Å². The summed E-state index contributed by atoms with van der Waals surface area (Å²) >= 11 is 0. The summed E-state index contributed by atoms with van der Waals surface area (Å²) in [6, 6.07) is 20.4. The van der Waals surface area contributed by atoms with Gasteiger partial charge in [0.25, 0.3) is 0 Å². The zero-order chi connectivity index (χ0) is 17.7. The Hall–Kier alpha value is -1.56. The first-order valence-electron chi connectivity index (χ1n) is 10.1. The minimum atomic E-state index is 0.352. The van der Waals surface area contributed by atoms with Crippen LogP contribution in [0.1, 0.15) is 69.6 Å². The molecular weight excluding hydrogens is 300 g/mol. The molecule has 4 rings (SSSR count). The fraction of sp³-hybridized carbons (Fsp3) is 0.520. The van der Waals surface area contributed by atoms with Gasteiger partial charge in [-0.2, -0.15) is 0 Å². The van der Waals surface area contributed by atoms with Crippen molar-refractivity contribution in [1.29, 1.82) is 0 Å². The lowest BCUT2D eigenvalue weighted by molar-refractivity contribution is -0.0236. The second-order valence-electron chi connectivity index (χ2n) is 9.33. The van der Waals surface area contributed by atoms with Gasteiger partial charge in [0.1, 0.15) is 0 Å². The molecule has 132 valence electrons. The maximum atomic E-state index is 2.56. The first kappa shape index (κ1) is 16.9. The molecule has 2 aromatic rings. The van der Waals surface area contributed by atoms with Gasteiger partial charge in [-0.15, -0.1) is 0 Å². The van der Waals surface area contributed by atoms with Gasteiger partial charge in [0.05, 0.1) is 0 Å². The fourth-order valence-corrected chi connectivity index (χ4v) is 6.57. The van der Waals surface area contributed by atoms with E-state index in [9.17, 15) is 0 Å². The van der Waals surface area contributed by atoms with Crippen LogP contribution in [-0.4, -0.2) is 0 Å². The van der Waals surface area contributed by atoms with Gasteiger partial charge in [0.15, 0.2) is 0 Å². The average Bonchev–Trinajstić information content (AvgIpc) is 2.62. The number of aryl methyl sites for hydroxylation is 1. The predicted molar refractivity (Wildman–Crippen MR) is 107 cm³/mol. The van der Waals surface area contributed by atoms with E-state index < -0.39 is 0 Å². The minimum Gasteiger partial charge on any atom is -0.0622 e. The van der Waals surface area contributed by atoms with Gasteiger partial charge in [-0.05, 0) is 71.0 Å². The van der Waals surface area contributed by atoms with Gasteiger partial charge in [-0.1, -0.05) is 82.3 Å². The molecule has 0 radical (unpaired) electrons. The topological polar surface area (TPSA) is 0 Å². The Balaban J connectivity index is 1.70. The summed E-state index contributed by atoms with van der Waals surface area (Å²) in [5.41, 5.74) is 5.48. The van der Waals surface area contributed by atoms with Crippen molar-refractivity contribution < 1.29 is 0 Å². The number of hydrogen-bond donors (Lipinski definition) is 0. The van der Waals surface area contributed by atoms with Crippen LogP contribution in [0.2, 0.25) is 0 Å². The molecule has 1 fully saturated rings. The third kappa shape index (κ3) is 2.57. The molecule has 0 N–H and O–H groups in total. The molecule has 2 aromatic carbocycles. The smallest absolute Gasteiger partial charge is 0.00389 e. The van der Waals surface area contributed by atoms with Crippen LogP contribution in [0.4, 0.5) is 0 Å². The second kappa shape index (κ2) is 6.01. The molecule has 0 heteroatoms. The summed E-state index contributed by atoms with van der Waals surface area (Å²) < 4.78 is 0. The van der Waals surface area contributed by atoms with Crippen molar-refractivity contribution >= 4 is 0 Å². The molecule has 1 saturated carbocycles. The average molecular weight is 333 g/mol. The lowest BCUT2D eigenvalue weighted by Gasteiger charge is -2.59. The summed E-state index contributed by atoms with van der Waals surface area (Å²) in [5, 5.41) is 0. The van der Waals surface area contributed by atoms with E-state index in [0.29, 0.717) is 16.7 Å². The highest BCUT2D eigenvalue weighted by Crippen LogP contribution is 2.61. The molecule has 0 aromatic heterocycles. The van der Waals surface area contributed by atoms with Crippen LogP contribution >= 0.6 is 0 Å². The molecule has 1 unspecified atom stereocenters. The quantitative estimate of drug-likeness (QED) is 0.571. The van der Waals surface area contributed by atoms with Crippen LogP contribution < -0.4 is 0 Å². The molecule has 0 saturated heterocycles. The van der Waals surface area contributed by atoms with Crippen LogP contribution in [0.3, 0.4) is 0 Å². The lowest BCUT2D eigenvalue weighted by Crippen LogP contribution is -2.52. The Bertz CT molecular complexity index is 742. The van der Waals surface area contributed by atoms with Crippen LogP contribution in [0.25, 0.3) is 0 Å². The predicted octanol–water partition coefficient (Wildman–Crippen LogP) is 6.75. The van der Waals surface area contributed by atoms with Gasteiger partial charge in [-0.3, -0.25) is 0 Å². The lowest BCUT2D eigenvalue weighted by atomic mass is 9.46. The Labute approximate surface area is 153 Å². The zero-order valence-electron chi connectivity index (χ0n) is 16.3. The molecule has 2 aliphatic rings. The van der Waals surface area contributed by atoms with Gasteiger partial charge in [-0.25, -0.2) is 0 Å². The third-order valence-electron chi connectivity index (χ3n) is 7.86. The van der Waals surface area contributed by atoms with Crippen molar-refractivity contribution in [2.24, 2.45) is 17.3 Å². The first-order chi connectivity index (χ1) is 11.9. The van der Waals surface area contributed by atoms with Crippen molar-refractivity contribution in [2.45, 2.75) is 64.7 Å². The highest BCUT2D eigenvalue weighted by Gasteiger charge is 2.54. The summed E-state index contributed by atoms with van der Waals surface area (Å²) in [4.78, 5) is 0. The number of hydrogen-bond acceptors (Lipinski definition) is 0. The molecule has 4 atom stereocenters. The van der Waals surface area contributed by atoms with E-state index >= 15 is 0 Å². The first-order valence-corrected chi connectivity index (χ1v) is 10.1. The monoisotopic (exact) mass is 332 g/mol. The summed E-state index contributed by atoms with van der Waals surface area (Å²) in [6.07, 6.45) is 5.27. The maximum absolute atomic E-state index is 2.56. The van der Waals surface area contributed by atoms with Crippen molar-refractivity contribution in [3.05, 3.63) is 71.3 Å². The molecular formula is C25H32. The summed E-state index contributed by atoms with van der Waals surface area (Å²) in [7, 11) is 0. The maximum Gasteiger partial charge on any atom is -0.00389 e. The highest BCUT2D eigenvalue weighted by molar-refractivity contribution is 5.39. The minimum absolute atomic E-state index is 0.352. The molecule has 0 aliphatic heterocycles. The Kier molecular flexibility index (Phi) is 4.06. The summed E-state index contributed by atoms with van der Waals surface area (Å²) in [5.74, 6) is 2.18. The Morgan fingerprint density at radius 3 is 2.32 bits per heavy atom. The molecule has 0 bridgehead atoms. The Morgan fingerprint density at radius 2 is 1.56 bits per heavy atom. The second-order valence-corrected chi connectivity index (χ2v) is 9.33. The Morgan fingerprint density at radius 1 is 0.880 bits per heavy atom. The molecule has 0 heterocycles. The molecule has 25 heavy (non-hydrogen) atoms. The van der Waals surface area contributed by atoms with E-state index in [4.69, 9.17) is 0 Å².